The number of hydrogen-bond donors (Lipinski definition) is 1. The molecule has 0 aliphatic rings. The fraction of sp³-hybridized carbons (Fsp3) is 0.350. The van der Waals surface area contributed by atoms with E-state index >= 15 is 0 Å². The highest BCUT2D eigenvalue weighted by atomic mass is 79.9. The van der Waals surface area contributed by atoms with Crippen molar-refractivity contribution in [3.8, 4) is 5.75 Å². The molecule has 0 saturated carbocycles. The minimum atomic E-state index is -0.524. The van der Waals surface area contributed by atoms with Gasteiger partial charge in [-0.1, -0.05) is 46.3 Å². The van der Waals surface area contributed by atoms with Gasteiger partial charge in [-0.25, -0.2) is 4.79 Å². The lowest BCUT2D eigenvalue weighted by atomic mass is 10.1. The van der Waals surface area contributed by atoms with Crippen LogP contribution in [0.5, 0.6) is 5.75 Å². The molecule has 0 atom stereocenters. The minimum absolute atomic E-state index is 0.333. The lowest BCUT2D eigenvalue weighted by molar-refractivity contribution is 0.0523. The molecule has 2 aromatic carbocycles. The smallest absolute Gasteiger partial charge is 0.407 e. The first-order valence-corrected chi connectivity index (χ1v) is 8.96. The Morgan fingerprint density at radius 1 is 1.16 bits per heavy atom. The van der Waals surface area contributed by atoms with Crippen LogP contribution in [-0.2, 0) is 17.9 Å². The lowest BCUT2D eigenvalue weighted by Crippen LogP contribution is -2.32. The van der Waals surface area contributed by atoms with Crippen LogP contribution >= 0.6 is 15.9 Å². The number of hydrogen-bond acceptors (Lipinski definition) is 3. The third-order valence-electron chi connectivity index (χ3n) is 3.36. The number of carbonyl (C=O) groups excluding carboxylic acids is 1. The van der Waals surface area contributed by atoms with Crippen LogP contribution in [0.1, 0.15) is 37.5 Å². The third kappa shape index (κ3) is 6.42. The Balaban J connectivity index is 2.09. The van der Waals surface area contributed by atoms with Gasteiger partial charge in [0.15, 0.2) is 0 Å². The second kappa shape index (κ2) is 8.39. The fourth-order valence-corrected chi connectivity index (χ4v) is 2.97. The first kappa shape index (κ1) is 19.3. The van der Waals surface area contributed by atoms with Crippen LogP contribution < -0.4 is 10.1 Å². The molecule has 2 rings (SSSR count). The number of amides is 1. The van der Waals surface area contributed by atoms with Gasteiger partial charge in [0.05, 0.1) is 0 Å². The summed E-state index contributed by atoms with van der Waals surface area (Å²) in [7, 11) is 0. The van der Waals surface area contributed by atoms with Gasteiger partial charge in [0, 0.05) is 16.6 Å². The Bertz CT molecular complexity index is 724. The van der Waals surface area contributed by atoms with Crippen molar-refractivity contribution in [1.29, 1.82) is 0 Å². The molecule has 0 unspecified atom stereocenters. The summed E-state index contributed by atoms with van der Waals surface area (Å²) in [4.78, 5) is 11.9. The number of aryl methyl sites for hydroxylation is 1. The molecule has 2 aromatic rings. The van der Waals surface area contributed by atoms with Crippen molar-refractivity contribution in [3.05, 3.63) is 63.6 Å². The van der Waals surface area contributed by atoms with Crippen LogP contribution in [-0.4, -0.2) is 11.7 Å². The van der Waals surface area contributed by atoms with E-state index in [9.17, 15) is 4.79 Å². The molecule has 0 aliphatic carbocycles. The zero-order valence-electron chi connectivity index (χ0n) is 15.1. The third-order valence-corrected chi connectivity index (χ3v) is 3.82. The molecule has 0 radical (unpaired) electrons. The van der Waals surface area contributed by atoms with Crippen LogP contribution in [0.25, 0.3) is 0 Å². The number of nitrogens with one attached hydrogen (secondary N) is 1. The first-order chi connectivity index (χ1) is 11.7. The highest BCUT2D eigenvalue weighted by molar-refractivity contribution is 9.10. The van der Waals surface area contributed by atoms with E-state index in [1.165, 1.54) is 0 Å². The normalized spacial score (nSPS) is 11.1. The van der Waals surface area contributed by atoms with E-state index in [0.29, 0.717) is 13.2 Å². The monoisotopic (exact) mass is 405 g/mol. The summed E-state index contributed by atoms with van der Waals surface area (Å²) < 4.78 is 12.3. The number of halogens is 1. The van der Waals surface area contributed by atoms with Gasteiger partial charge in [0.25, 0.3) is 0 Å². The number of alkyl carbamates (subject to hydrolysis) is 1. The van der Waals surface area contributed by atoms with E-state index in [4.69, 9.17) is 9.47 Å². The molecule has 25 heavy (non-hydrogen) atoms. The number of benzene rings is 2. The Morgan fingerprint density at radius 2 is 1.84 bits per heavy atom. The molecule has 0 spiro atoms. The largest absolute Gasteiger partial charge is 0.488 e. The van der Waals surface area contributed by atoms with Crippen molar-refractivity contribution in [3.63, 3.8) is 0 Å². The Labute approximate surface area is 157 Å². The van der Waals surface area contributed by atoms with Crippen LogP contribution in [0.15, 0.2) is 46.9 Å². The second-order valence-corrected chi connectivity index (χ2v) is 7.76. The molecule has 5 heteroatoms. The van der Waals surface area contributed by atoms with Gasteiger partial charge in [-0.3, -0.25) is 0 Å². The van der Waals surface area contributed by atoms with Crippen molar-refractivity contribution >= 4 is 22.0 Å². The van der Waals surface area contributed by atoms with Crippen molar-refractivity contribution in [2.45, 2.75) is 46.4 Å². The highest BCUT2D eigenvalue weighted by Crippen LogP contribution is 2.29. The quantitative estimate of drug-likeness (QED) is 0.727. The molecule has 134 valence electrons. The molecule has 0 fully saturated rings. The van der Waals surface area contributed by atoms with Crippen LogP contribution in [0.2, 0.25) is 0 Å². The molecule has 1 N–H and O–H groups in total. The van der Waals surface area contributed by atoms with Gasteiger partial charge >= 0.3 is 6.09 Å². The van der Waals surface area contributed by atoms with E-state index in [1.54, 1.807) is 0 Å². The Morgan fingerprint density at radius 3 is 2.48 bits per heavy atom. The second-order valence-electron chi connectivity index (χ2n) is 6.84. The van der Waals surface area contributed by atoms with E-state index < -0.39 is 11.7 Å². The van der Waals surface area contributed by atoms with E-state index in [2.05, 4.69) is 21.2 Å². The molecule has 1 amide bonds. The lowest BCUT2D eigenvalue weighted by Gasteiger charge is -2.20. The molecular weight excluding hydrogens is 382 g/mol. The van der Waals surface area contributed by atoms with Crippen LogP contribution in [0.4, 0.5) is 4.79 Å². The Kier molecular flexibility index (Phi) is 6.48. The standard InChI is InChI=1S/C20H24BrNO3/c1-14-10-17(21)11-16(12-22-19(23)25-20(2,3)4)18(14)24-13-15-8-6-5-7-9-15/h5-11H,12-13H2,1-4H3,(H,22,23). The van der Waals surface area contributed by atoms with E-state index in [-0.39, 0.29) is 0 Å². The van der Waals surface area contributed by atoms with Gasteiger partial charge < -0.3 is 14.8 Å². The predicted molar refractivity (Wildman–Crippen MR) is 103 cm³/mol. The summed E-state index contributed by atoms with van der Waals surface area (Å²) in [5.74, 6) is 0.781. The van der Waals surface area contributed by atoms with Gasteiger partial charge in [-0.05, 0) is 51.0 Å². The van der Waals surface area contributed by atoms with Gasteiger partial charge in [-0.15, -0.1) is 0 Å². The maximum absolute atomic E-state index is 11.9. The number of ether oxygens (including phenoxy) is 2. The summed E-state index contributed by atoms with van der Waals surface area (Å²) >= 11 is 3.50. The van der Waals surface area contributed by atoms with Gasteiger partial charge in [0.2, 0.25) is 0 Å². The SMILES string of the molecule is Cc1cc(Br)cc(CNC(=O)OC(C)(C)C)c1OCc1ccccc1. The highest BCUT2D eigenvalue weighted by Gasteiger charge is 2.17. The molecule has 0 heterocycles. The van der Waals surface area contributed by atoms with E-state index in [0.717, 1.165) is 26.9 Å². The minimum Gasteiger partial charge on any atom is -0.488 e. The average Bonchev–Trinajstić information content (AvgIpc) is 2.51. The molecule has 0 bridgehead atoms. The molecule has 0 saturated heterocycles. The van der Waals surface area contributed by atoms with E-state index in [1.807, 2.05) is 70.2 Å². The number of rotatable bonds is 5. The summed E-state index contributed by atoms with van der Waals surface area (Å²) in [6.07, 6.45) is -0.445. The first-order valence-electron chi connectivity index (χ1n) is 8.17. The van der Waals surface area contributed by atoms with Crippen molar-refractivity contribution in [2.24, 2.45) is 0 Å². The van der Waals surface area contributed by atoms with Crippen LogP contribution in [0.3, 0.4) is 0 Å². The van der Waals surface area contributed by atoms with Gasteiger partial charge in [-0.2, -0.15) is 0 Å². The topological polar surface area (TPSA) is 47.6 Å². The van der Waals surface area contributed by atoms with Crippen molar-refractivity contribution in [2.75, 3.05) is 0 Å². The molecule has 0 aliphatic heterocycles. The Hall–Kier alpha value is -2.01. The number of carbonyl (C=O) groups is 1. The molecular formula is C20H24BrNO3. The summed E-state index contributed by atoms with van der Waals surface area (Å²) in [6.45, 7) is 8.31. The average molecular weight is 406 g/mol. The molecule has 4 nitrogen and oxygen atoms in total. The fourth-order valence-electron chi connectivity index (χ4n) is 2.35. The van der Waals surface area contributed by atoms with Crippen molar-refractivity contribution in [1.82, 2.24) is 5.32 Å². The van der Waals surface area contributed by atoms with Crippen LogP contribution in [0, 0.1) is 6.92 Å². The van der Waals surface area contributed by atoms with Crippen molar-refractivity contribution < 1.29 is 14.3 Å². The maximum atomic E-state index is 11.9. The molecule has 0 aromatic heterocycles. The van der Waals surface area contributed by atoms with Gasteiger partial charge in [0.1, 0.15) is 18.0 Å². The summed E-state index contributed by atoms with van der Waals surface area (Å²) in [5, 5.41) is 2.79. The summed E-state index contributed by atoms with van der Waals surface area (Å²) in [5.41, 5.74) is 2.47. The predicted octanol–water partition coefficient (Wildman–Crippen LogP) is 5.36. The maximum Gasteiger partial charge on any atom is 0.407 e. The summed E-state index contributed by atoms with van der Waals surface area (Å²) in [6, 6.07) is 13.9. The zero-order chi connectivity index (χ0) is 18.4. The zero-order valence-corrected chi connectivity index (χ0v) is 16.6.